The predicted molar refractivity (Wildman–Crippen MR) is 157 cm³/mol. The van der Waals surface area contributed by atoms with Gasteiger partial charge in [-0.15, -0.1) is 25.6 Å². The normalized spacial score (nSPS) is 11.5. The molecule has 0 saturated carbocycles. The summed E-state index contributed by atoms with van der Waals surface area (Å²) in [5, 5.41) is 1.18. The van der Waals surface area contributed by atoms with Gasteiger partial charge in [0.05, 0.1) is 15.1 Å². The molecule has 0 aliphatic rings. The lowest BCUT2D eigenvalue weighted by molar-refractivity contribution is 0.0983. The second-order valence-electron chi connectivity index (χ2n) is 8.02. The molecule has 1 heterocycles. The lowest BCUT2D eigenvalue weighted by atomic mass is 10.2. The number of benzene rings is 2. The minimum atomic E-state index is -3.75. The number of aromatic nitrogens is 1. The van der Waals surface area contributed by atoms with E-state index in [9.17, 15) is 13.2 Å². The summed E-state index contributed by atoms with van der Waals surface area (Å²) in [5.74, 6) is -0.245. The number of anilines is 1. The third kappa shape index (κ3) is 7.40. The smallest absolute Gasteiger partial charge is 0.260 e. The zero-order chi connectivity index (χ0) is 26.3. The van der Waals surface area contributed by atoms with Gasteiger partial charge in [-0.25, -0.2) is 13.4 Å². The van der Waals surface area contributed by atoms with E-state index in [1.807, 2.05) is 12.1 Å². The fourth-order valence-electron chi connectivity index (χ4n) is 3.70. The molecule has 1 aromatic heterocycles. The fraction of sp³-hybridized carbons (Fsp3) is 0.308. The minimum Gasteiger partial charge on any atom is -0.302 e. The number of amides is 1. The van der Waals surface area contributed by atoms with Gasteiger partial charge in [-0.3, -0.25) is 9.69 Å². The number of thiazole rings is 1. The molecule has 11 heteroatoms. The monoisotopic (exact) mass is 582 g/mol. The van der Waals surface area contributed by atoms with Gasteiger partial charge in [0.2, 0.25) is 10.0 Å². The van der Waals surface area contributed by atoms with Crippen LogP contribution in [0.5, 0.6) is 0 Å². The molecule has 3 rings (SSSR count). The molecule has 200 valence electrons. The Morgan fingerprint density at radius 1 is 1.03 bits per heavy atom. The first kappa shape index (κ1) is 31.0. The highest BCUT2D eigenvalue weighted by molar-refractivity contribution is 7.89. The van der Waals surface area contributed by atoms with E-state index in [2.05, 4.69) is 36.9 Å². The van der Waals surface area contributed by atoms with Crippen LogP contribution in [-0.2, 0) is 10.0 Å². The van der Waals surface area contributed by atoms with Crippen molar-refractivity contribution in [3.63, 3.8) is 0 Å². The summed E-state index contributed by atoms with van der Waals surface area (Å²) in [4.78, 5) is 22.3. The van der Waals surface area contributed by atoms with Crippen LogP contribution in [0.2, 0.25) is 5.02 Å². The summed E-state index contributed by atoms with van der Waals surface area (Å²) in [5.41, 5.74) is 1.15. The molecule has 0 fully saturated rings. The Bertz CT molecular complexity index is 1310. The zero-order valence-corrected chi connectivity index (χ0v) is 24.2. The highest BCUT2D eigenvalue weighted by atomic mass is 35.5. The van der Waals surface area contributed by atoms with E-state index in [0.29, 0.717) is 28.8 Å². The molecule has 0 spiro atoms. The minimum absolute atomic E-state index is 0. The van der Waals surface area contributed by atoms with E-state index >= 15 is 0 Å². The molecule has 37 heavy (non-hydrogen) atoms. The maximum Gasteiger partial charge on any atom is 0.260 e. The number of nitrogens with zero attached hydrogens (tertiary/aromatic N) is 4. The van der Waals surface area contributed by atoms with Gasteiger partial charge in [-0.2, -0.15) is 4.31 Å². The lowest BCUT2D eigenvalue weighted by Gasteiger charge is -2.25. The van der Waals surface area contributed by atoms with Crippen LogP contribution in [0.3, 0.4) is 0 Å². The highest BCUT2D eigenvalue weighted by Gasteiger charge is 2.25. The van der Waals surface area contributed by atoms with Gasteiger partial charge in [0.1, 0.15) is 0 Å². The molecule has 0 aliphatic heterocycles. The Hall–Kier alpha value is -2.27. The Balaban J connectivity index is 0.00000481. The van der Waals surface area contributed by atoms with E-state index in [0.717, 1.165) is 23.3 Å². The van der Waals surface area contributed by atoms with Crippen molar-refractivity contribution in [2.75, 3.05) is 44.2 Å². The van der Waals surface area contributed by atoms with Crippen molar-refractivity contribution < 1.29 is 13.2 Å². The Labute approximate surface area is 234 Å². The third-order valence-electron chi connectivity index (χ3n) is 5.75. The lowest BCUT2D eigenvalue weighted by Crippen LogP contribution is -2.39. The maximum atomic E-state index is 13.6. The highest BCUT2D eigenvalue weighted by Crippen LogP contribution is 2.31. The van der Waals surface area contributed by atoms with Crippen LogP contribution in [-0.4, -0.2) is 67.8 Å². The summed E-state index contributed by atoms with van der Waals surface area (Å²) >= 11 is 7.55. The molecule has 1 amide bonds. The molecule has 0 bridgehead atoms. The molecule has 0 radical (unpaired) electrons. The number of sulfonamides is 1. The number of halogens is 2. The van der Waals surface area contributed by atoms with Crippen molar-refractivity contribution >= 4 is 66.6 Å². The molecule has 0 saturated heterocycles. The van der Waals surface area contributed by atoms with Crippen molar-refractivity contribution in [2.45, 2.75) is 18.7 Å². The van der Waals surface area contributed by atoms with Crippen molar-refractivity contribution in [2.24, 2.45) is 0 Å². The van der Waals surface area contributed by atoms with Gasteiger partial charge in [0, 0.05) is 36.8 Å². The molecule has 0 aliphatic carbocycles. The Kier molecular flexibility index (Phi) is 11.7. The molecule has 0 unspecified atom stereocenters. The summed E-state index contributed by atoms with van der Waals surface area (Å²) in [6, 6.07) is 11.5. The largest absolute Gasteiger partial charge is 0.302 e. The predicted octanol–water partition coefficient (Wildman–Crippen LogP) is 5.72. The van der Waals surface area contributed by atoms with E-state index in [1.54, 1.807) is 23.1 Å². The summed E-state index contributed by atoms with van der Waals surface area (Å²) in [6.45, 7) is 14.6. The van der Waals surface area contributed by atoms with Crippen LogP contribution < -0.4 is 4.90 Å². The van der Waals surface area contributed by atoms with Crippen LogP contribution in [0.4, 0.5) is 5.13 Å². The first-order chi connectivity index (χ1) is 17.2. The quantitative estimate of drug-likeness (QED) is 0.241. The Morgan fingerprint density at radius 2 is 1.65 bits per heavy atom. The van der Waals surface area contributed by atoms with Crippen LogP contribution in [0.15, 0.2) is 72.7 Å². The van der Waals surface area contributed by atoms with E-state index in [-0.39, 0.29) is 36.3 Å². The average Bonchev–Trinajstić information content (AvgIpc) is 3.29. The van der Waals surface area contributed by atoms with Gasteiger partial charge in [0.25, 0.3) is 5.91 Å². The fourth-order valence-corrected chi connectivity index (χ4v) is 6.35. The van der Waals surface area contributed by atoms with Gasteiger partial charge < -0.3 is 4.90 Å². The van der Waals surface area contributed by atoms with Gasteiger partial charge in [0.15, 0.2) is 5.13 Å². The topological polar surface area (TPSA) is 73.8 Å². The van der Waals surface area contributed by atoms with Crippen LogP contribution >= 0.6 is 35.3 Å². The number of carbonyl (C=O) groups excluding carboxylic acids is 1. The van der Waals surface area contributed by atoms with Crippen LogP contribution in [0.25, 0.3) is 10.2 Å². The SMILES string of the molecule is C=CCN(CC=C)S(=O)(=O)c1ccc(C(=O)N(CCN(CC)CC)c2nc3ccc(Cl)cc3s2)cc1.Cl. The molecule has 0 N–H and O–H groups in total. The van der Waals surface area contributed by atoms with Crippen molar-refractivity contribution in [3.05, 3.63) is 78.4 Å². The zero-order valence-electron chi connectivity index (χ0n) is 21.0. The Morgan fingerprint density at radius 3 is 2.22 bits per heavy atom. The standard InChI is InChI=1S/C26H31ClN4O3S2.ClH/c1-5-15-30(16-6-2)36(33,34)22-12-9-20(10-13-22)25(32)31(18-17-29(7-3)8-4)26-28-23-14-11-21(27)19-24(23)35-26;/h5-6,9-14,19H,1-2,7-8,15-18H2,3-4H3;1H. The maximum absolute atomic E-state index is 13.6. The van der Waals surface area contributed by atoms with Crippen molar-refractivity contribution in [1.29, 1.82) is 0 Å². The second-order valence-corrected chi connectivity index (χ2v) is 11.4. The number of hydrogen-bond donors (Lipinski definition) is 0. The molecule has 3 aromatic rings. The van der Waals surface area contributed by atoms with E-state index in [1.165, 1.54) is 39.9 Å². The number of likely N-dealkylation sites (N-methyl/N-ethyl adjacent to an activating group) is 1. The van der Waals surface area contributed by atoms with Crippen molar-refractivity contribution in [1.82, 2.24) is 14.2 Å². The third-order valence-corrected chi connectivity index (χ3v) is 8.88. The first-order valence-electron chi connectivity index (χ1n) is 11.7. The molecule has 7 nitrogen and oxygen atoms in total. The first-order valence-corrected chi connectivity index (χ1v) is 14.3. The van der Waals surface area contributed by atoms with Gasteiger partial charge in [-0.05, 0) is 55.6 Å². The summed E-state index contributed by atoms with van der Waals surface area (Å²) in [7, 11) is -3.75. The van der Waals surface area contributed by atoms with Crippen LogP contribution in [0.1, 0.15) is 24.2 Å². The molecule has 0 atom stereocenters. The van der Waals surface area contributed by atoms with Crippen LogP contribution in [0, 0.1) is 0 Å². The van der Waals surface area contributed by atoms with E-state index in [4.69, 9.17) is 11.6 Å². The van der Waals surface area contributed by atoms with Crippen molar-refractivity contribution in [3.8, 4) is 0 Å². The summed E-state index contributed by atoms with van der Waals surface area (Å²) in [6.07, 6.45) is 3.05. The number of carbonyl (C=O) groups is 1. The summed E-state index contributed by atoms with van der Waals surface area (Å²) < 4.78 is 28.2. The number of rotatable bonds is 13. The number of fused-ring (bicyclic) bond motifs is 1. The molecular weight excluding hydrogens is 551 g/mol. The second kappa shape index (κ2) is 14.0. The molecular formula is C26H32Cl2N4O3S2. The van der Waals surface area contributed by atoms with Gasteiger partial charge in [-0.1, -0.05) is 48.9 Å². The average molecular weight is 584 g/mol. The number of hydrogen-bond acceptors (Lipinski definition) is 6. The molecule has 2 aromatic carbocycles. The van der Waals surface area contributed by atoms with Gasteiger partial charge >= 0.3 is 0 Å². The van der Waals surface area contributed by atoms with E-state index < -0.39 is 10.0 Å².